The van der Waals surface area contributed by atoms with Crippen LogP contribution < -0.4 is 0 Å². The van der Waals surface area contributed by atoms with Crippen LogP contribution in [0.4, 0.5) is 0 Å². The van der Waals surface area contributed by atoms with Gasteiger partial charge in [0.05, 0.1) is 37.2 Å². The molecule has 2 aromatic heterocycles. The number of methoxy groups -OCH3 is 2. The van der Waals surface area contributed by atoms with Crippen molar-refractivity contribution in [2.75, 3.05) is 27.7 Å². The summed E-state index contributed by atoms with van der Waals surface area (Å²) in [6, 6.07) is 7.70. The number of hydrogen-bond donors (Lipinski definition) is 0. The number of fused-ring (bicyclic) bond motifs is 1. The van der Waals surface area contributed by atoms with Gasteiger partial charge in [0.15, 0.2) is 0 Å². The first-order valence-electron chi connectivity index (χ1n) is 9.67. The lowest BCUT2D eigenvalue weighted by molar-refractivity contribution is -0.127. The largest absolute Gasteiger partial charge is 0.364 e. The van der Waals surface area contributed by atoms with Crippen LogP contribution in [0.5, 0.6) is 0 Å². The Balaban J connectivity index is 1.95. The lowest BCUT2D eigenvalue weighted by Crippen LogP contribution is -2.31. The van der Waals surface area contributed by atoms with Crippen molar-refractivity contribution >= 4 is 45.9 Å². The molecule has 0 saturated heterocycles. The van der Waals surface area contributed by atoms with Crippen LogP contribution >= 0.6 is 22.7 Å². The van der Waals surface area contributed by atoms with Gasteiger partial charge in [-0.3, -0.25) is 19.4 Å². The zero-order valence-electron chi connectivity index (χ0n) is 17.4. The normalized spacial score (nSPS) is 16.1. The SMILES string of the molecule is [C-]#[N+]Cc1ccc(C2=C3C(=O)N(COC)C(c4ccc(CC)s4)=C3C(=O)N2COC)s1. The van der Waals surface area contributed by atoms with Gasteiger partial charge in [0.1, 0.15) is 13.5 Å². The molecule has 7 nitrogen and oxygen atoms in total. The topological polar surface area (TPSA) is 63.4 Å². The van der Waals surface area contributed by atoms with Gasteiger partial charge in [0, 0.05) is 19.1 Å². The number of carbonyl (C=O) groups is 2. The lowest BCUT2D eigenvalue weighted by atomic mass is 10.1. The highest BCUT2D eigenvalue weighted by molar-refractivity contribution is 7.13. The van der Waals surface area contributed by atoms with Gasteiger partial charge in [0.25, 0.3) is 11.8 Å². The Morgan fingerprint density at radius 1 is 0.871 bits per heavy atom. The van der Waals surface area contributed by atoms with Gasteiger partial charge in [0.2, 0.25) is 6.54 Å². The molecule has 0 saturated carbocycles. The number of carbonyl (C=O) groups excluding carboxylic acids is 2. The predicted molar refractivity (Wildman–Crippen MR) is 120 cm³/mol. The average molecular weight is 456 g/mol. The van der Waals surface area contributed by atoms with E-state index in [1.807, 2.05) is 24.3 Å². The van der Waals surface area contributed by atoms with Crippen LogP contribution in [0.1, 0.15) is 26.4 Å². The second-order valence-corrected chi connectivity index (χ2v) is 9.29. The van der Waals surface area contributed by atoms with E-state index in [1.165, 1.54) is 40.2 Å². The van der Waals surface area contributed by atoms with Crippen LogP contribution in [0.25, 0.3) is 16.2 Å². The van der Waals surface area contributed by atoms with Crippen LogP contribution in [0.2, 0.25) is 0 Å². The Morgan fingerprint density at radius 2 is 1.35 bits per heavy atom. The predicted octanol–water partition coefficient (Wildman–Crippen LogP) is 3.81. The second-order valence-electron chi connectivity index (χ2n) is 6.95. The Kier molecular flexibility index (Phi) is 6.07. The molecule has 0 aromatic carbocycles. The smallest absolute Gasteiger partial charge is 0.263 e. The summed E-state index contributed by atoms with van der Waals surface area (Å²) in [5, 5.41) is 0. The summed E-state index contributed by atoms with van der Waals surface area (Å²) in [7, 11) is 3.05. The summed E-state index contributed by atoms with van der Waals surface area (Å²) in [4.78, 5) is 37.2. The summed E-state index contributed by atoms with van der Waals surface area (Å²) in [5.74, 6) is -0.527. The van der Waals surface area contributed by atoms with Crippen molar-refractivity contribution in [2.45, 2.75) is 19.9 Å². The maximum atomic E-state index is 13.5. The van der Waals surface area contributed by atoms with Crippen molar-refractivity contribution in [3.8, 4) is 0 Å². The number of thiophene rings is 2. The third kappa shape index (κ3) is 3.51. The molecule has 0 atom stereocenters. The quantitative estimate of drug-likeness (QED) is 0.568. The maximum Gasteiger partial charge on any atom is 0.263 e. The Labute approximate surface area is 188 Å². The van der Waals surface area contributed by atoms with Crippen molar-refractivity contribution in [1.29, 1.82) is 0 Å². The fraction of sp³-hybridized carbons (Fsp3) is 0.318. The molecule has 2 amide bonds. The first-order valence-corrected chi connectivity index (χ1v) is 11.3. The molecule has 0 bridgehead atoms. The van der Waals surface area contributed by atoms with E-state index in [9.17, 15) is 9.59 Å². The van der Waals surface area contributed by atoms with Crippen LogP contribution in [0, 0.1) is 6.57 Å². The van der Waals surface area contributed by atoms with E-state index in [2.05, 4.69) is 11.8 Å². The van der Waals surface area contributed by atoms with Gasteiger partial charge in [-0.15, -0.1) is 22.7 Å². The maximum absolute atomic E-state index is 13.5. The Hall–Kier alpha value is -2.77. The number of hydrogen-bond acceptors (Lipinski definition) is 6. The van der Waals surface area contributed by atoms with Gasteiger partial charge in [-0.05, 0) is 30.7 Å². The highest BCUT2D eigenvalue weighted by Gasteiger charge is 2.49. The van der Waals surface area contributed by atoms with E-state index in [0.29, 0.717) is 22.5 Å². The second kappa shape index (κ2) is 8.77. The van der Waals surface area contributed by atoms with Gasteiger partial charge in [-0.1, -0.05) is 6.92 Å². The van der Waals surface area contributed by atoms with E-state index < -0.39 is 0 Å². The molecule has 2 aromatic rings. The molecule has 31 heavy (non-hydrogen) atoms. The van der Waals surface area contributed by atoms with Crippen LogP contribution in [0.3, 0.4) is 0 Å². The summed E-state index contributed by atoms with van der Waals surface area (Å²) >= 11 is 2.99. The van der Waals surface area contributed by atoms with E-state index in [-0.39, 0.29) is 31.8 Å². The van der Waals surface area contributed by atoms with E-state index in [0.717, 1.165) is 21.1 Å². The molecule has 2 aliphatic heterocycles. The number of amides is 2. The molecule has 9 heteroatoms. The summed E-state index contributed by atoms with van der Waals surface area (Å²) in [6.45, 7) is 9.54. The molecule has 160 valence electrons. The zero-order valence-corrected chi connectivity index (χ0v) is 19.1. The van der Waals surface area contributed by atoms with E-state index >= 15 is 0 Å². The van der Waals surface area contributed by atoms with E-state index in [4.69, 9.17) is 16.0 Å². The molecule has 0 aliphatic carbocycles. The van der Waals surface area contributed by atoms with Crippen molar-refractivity contribution in [3.05, 3.63) is 66.3 Å². The molecular formula is C22H21N3O4S2. The lowest BCUT2D eigenvalue weighted by Gasteiger charge is -2.23. The number of rotatable bonds is 8. The Bertz CT molecular complexity index is 1150. The standard InChI is InChI=1S/C22H21N3O4S2/c1-5-13-6-8-15(30-13)19-17-18(22(27)24(19)11-28-3)20(25(12-29-4)21(17)26)16-9-7-14(31-16)10-23-2/h6-9H,5,10-12H2,1,3-4H3. The fourth-order valence-electron chi connectivity index (χ4n) is 3.78. The monoisotopic (exact) mass is 455 g/mol. The molecule has 0 radical (unpaired) electrons. The van der Waals surface area contributed by atoms with Crippen LogP contribution in [-0.2, 0) is 32.0 Å². The minimum atomic E-state index is -0.264. The van der Waals surface area contributed by atoms with E-state index in [1.54, 1.807) is 11.3 Å². The van der Waals surface area contributed by atoms with Crippen molar-refractivity contribution < 1.29 is 19.1 Å². The molecule has 4 heterocycles. The average Bonchev–Trinajstić information content (AvgIpc) is 3.51. The molecule has 4 rings (SSSR count). The fourth-order valence-corrected chi connectivity index (χ4v) is 5.78. The van der Waals surface area contributed by atoms with Gasteiger partial charge >= 0.3 is 0 Å². The minimum Gasteiger partial charge on any atom is -0.364 e. The first kappa shape index (κ1) is 21.5. The summed E-state index contributed by atoms with van der Waals surface area (Å²) < 4.78 is 10.6. The highest BCUT2D eigenvalue weighted by atomic mass is 32.1. The molecular weight excluding hydrogens is 434 g/mol. The van der Waals surface area contributed by atoms with Gasteiger partial charge in [-0.25, -0.2) is 6.57 Å². The van der Waals surface area contributed by atoms with Crippen LogP contribution in [0.15, 0.2) is 35.4 Å². The van der Waals surface area contributed by atoms with Gasteiger partial charge in [-0.2, -0.15) is 0 Å². The summed E-state index contributed by atoms with van der Waals surface area (Å²) in [6.07, 6.45) is 0.877. The number of aryl methyl sites for hydroxylation is 1. The first-order chi connectivity index (χ1) is 15.0. The molecule has 2 aliphatic rings. The number of ether oxygens (including phenoxy) is 2. The summed E-state index contributed by atoms with van der Waals surface area (Å²) in [5.41, 5.74) is 1.89. The third-order valence-corrected chi connectivity index (χ3v) is 7.38. The molecule has 0 N–H and O–H groups in total. The Morgan fingerprint density at radius 3 is 1.77 bits per heavy atom. The molecule has 0 fully saturated rings. The van der Waals surface area contributed by atoms with Crippen molar-refractivity contribution in [2.24, 2.45) is 0 Å². The highest BCUT2D eigenvalue weighted by Crippen LogP contribution is 2.48. The number of nitrogens with zero attached hydrogens (tertiary/aromatic N) is 3. The van der Waals surface area contributed by atoms with Crippen LogP contribution in [-0.4, -0.2) is 49.3 Å². The third-order valence-electron chi connectivity index (χ3n) is 5.07. The molecule has 0 unspecified atom stereocenters. The van der Waals surface area contributed by atoms with Crippen molar-refractivity contribution in [3.63, 3.8) is 0 Å². The van der Waals surface area contributed by atoms with Gasteiger partial charge < -0.3 is 14.3 Å². The van der Waals surface area contributed by atoms with Crippen molar-refractivity contribution in [1.82, 2.24) is 9.80 Å². The molecule has 0 spiro atoms. The zero-order chi connectivity index (χ0) is 22.1. The minimum absolute atomic E-state index is 0.0344.